The van der Waals surface area contributed by atoms with Crippen molar-refractivity contribution in [2.24, 2.45) is 11.3 Å². The number of benzene rings is 1. The van der Waals surface area contributed by atoms with E-state index in [4.69, 9.17) is 13.9 Å². The molecule has 4 rings (SSSR count). The second-order valence-electron chi connectivity index (χ2n) is 7.49. The van der Waals surface area contributed by atoms with Crippen LogP contribution in [0.25, 0.3) is 11.3 Å². The van der Waals surface area contributed by atoms with Gasteiger partial charge in [-0.3, -0.25) is 9.59 Å². The van der Waals surface area contributed by atoms with Crippen molar-refractivity contribution in [2.75, 3.05) is 13.2 Å². The Hall–Kier alpha value is -2.56. The molecule has 0 aliphatic heterocycles. The van der Waals surface area contributed by atoms with Gasteiger partial charge in [-0.1, -0.05) is 30.3 Å². The largest absolute Gasteiger partial charge is 0.465 e. The van der Waals surface area contributed by atoms with E-state index in [0.29, 0.717) is 12.8 Å². The van der Waals surface area contributed by atoms with E-state index in [0.717, 1.165) is 23.5 Å². The maximum atomic E-state index is 12.7. The molecule has 5 heteroatoms. The Balaban J connectivity index is 1.63. The van der Waals surface area contributed by atoms with Gasteiger partial charge in [0.25, 0.3) is 0 Å². The van der Waals surface area contributed by atoms with Crippen molar-refractivity contribution in [3.63, 3.8) is 0 Å². The third kappa shape index (κ3) is 2.76. The van der Waals surface area contributed by atoms with Crippen molar-refractivity contribution >= 4 is 11.9 Å². The summed E-state index contributed by atoms with van der Waals surface area (Å²) < 4.78 is 16.7. The number of esters is 2. The normalized spacial score (nSPS) is 24.9. The summed E-state index contributed by atoms with van der Waals surface area (Å²) in [5.74, 6) is 0.952. The first-order valence-corrected chi connectivity index (χ1v) is 9.56. The van der Waals surface area contributed by atoms with Crippen LogP contribution in [0.4, 0.5) is 0 Å². The van der Waals surface area contributed by atoms with Crippen LogP contribution in [-0.4, -0.2) is 25.2 Å². The molecule has 1 heterocycles. The summed E-state index contributed by atoms with van der Waals surface area (Å²) in [6.45, 7) is 3.99. The van der Waals surface area contributed by atoms with E-state index in [-0.39, 0.29) is 24.5 Å². The summed E-state index contributed by atoms with van der Waals surface area (Å²) >= 11 is 0. The van der Waals surface area contributed by atoms with Gasteiger partial charge in [-0.25, -0.2) is 0 Å². The number of fused-ring (bicyclic) bond motifs is 1. The van der Waals surface area contributed by atoms with E-state index in [1.807, 2.05) is 42.5 Å². The van der Waals surface area contributed by atoms with Gasteiger partial charge in [0.05, 0.1) is 13.2 Å². The molecule has 2 aliphatic carbocycles. The van der Waals surface area contributed by atoms with Crippen LogP contribution in [0.15, 0.2) is 46.9 Å². The lowest BCUT2D eigenvalue weighted by Gasteiger charge is -2.27. The molecule has 0 amide bonds. The number of carbonyl (C=O) groups excluding carboxylic acids is 2. The highest BCUT2D eigenvalue weighted by molar-refractivity contribution is 6.01. The highest BCUT2D eigenvalue weighted by Gasteiger charge is 2.73. The number of hydrogen-bond acceptors (Lipinski definition) is 5. The molecule has 1 aromatic carbocycles. The van der Waals surface area contributed by atoms with Gasteiger partial charge in [0.2, 0.25) is 0 Å². The molecule has 5 nitrogen and oxygen atoms in total. The summed E-state index contributed by atoms with van der Waals surface area (Å²) in [7, 11) is 0. The molecule has 0 radical (unpaired) electrons. The summed E-state index contributed by atoms with van der Waals surface area (Å²) in [6.07, 6.45) is 1.78. The Kier molecular flexibility index (Phi) is 4.33. The van der Waals surface area contributed by atoms with E-state index in [1.54, 1.807) is 13.8 Å². The Morgan fingerprint density at radius 1 is 1.00 bits per heavy atom. The smallest absolute Gasteiger partial charge is 0.323 e. The van der Waals surface area contributed by atoms with Crippen LogP contribution in [0.3, 0.4) is 0 Å². The summed E-state index contributed by atoms with van der Waals surface area (Å²) in [5.41, 5.74) is -0.473. The van der Waals surface area contributed by atoms with E-state index in [9.17, 15) is 9.59 Å². The van der Waals surface area contributed by atoms with Crippen LogP contribution in [0.1, 0.15) is 38.9 Å². The van der Waals surface area contributed by atoms with Gasteiger partial charge in [0.15, 0.2) is 5.41 Å². The molecule has 0 saturated heterocycles. The first kappa shape index (κ1) is 17.8. The Morgan fingerprint density at radius 2 is 1.67 bits per heavy atom. The molecule has 0 bridgehead atoms. The Labute approximate surface area is 158 Å². The number of rotatable bonds is 6. The predicted molar refractivity (Wildman–Crippen MR) is 98.9 cm³/mol. The first-order chi connectivity index (χ1) is 13.1. The van der Waals surface area contributed by atoms with Crippen molar-refractivity contribution in [1.29, 1.82) is 0 Å². The Bertz CT molecular complexity index is 835. The lowest BCUT2D eigenvalue weighted by atomic mass is 9.80. The first-order valence-electron chi connectivity index (χ1n) is 9.56. The summed E-state index contributed by atoms with van der Waals surface area (Å²) in [5, 5.41) is 0. The van der Waals surface area contributed by atoms with Crippen molar-refractivity contribution in [3.8, 4) is 11.3 Å². The van der Waals surface area contributed by atoms with Crippen LogP contribution in [0, 0.1) is 11.3 Å². The van der Waals surface area contributed by atoms with E-state index < -0.39 is 17.4 Å². The molecule has 2 saturated carbocycles. The Morgan fingerprint density at radius 3 is 2.30 bits per heavy atom. The zero-order chi connectivity index (χ0) is 19.1. The fraction of sp³-hybridized carbons (Fsp3) is 0.455. The van der Waals surface area contributed by atoms with Crippen molar-refractivity contribution in [1.82, 2.24) is 0 Å². The maximum absolute atomic E-state index is 12.7. The molecule has 2 atom stereocenters. The fourth-order valence-corrected chi connectivity index (χ4v) is 4.58. The second-order valence-corrected chi connectivity index (χ2v) is 7.49. The molecular weight excluding hydrogens is 344 g/mol. The molecule has 2 fully saturated rings. The van der Waals surface area contributed by atoms with Gasteiger partial charge in [0.1, 0.15) is 11.5 Å². The van der Waals surface area contributed by atoms with Gasteiger partial charge in [0, 0.05) is 11.0 Å². The minimum atomic E-state index is -1.21. The maximum Gasteiger partial charge on any atom is 0.323 e. The van der Waals surface area contributed by atoms with Gasteiger partial charge < -0.3 is 13.9 Å². The fourth-order valence-electron chi connectivity index (χ4n) is 4.58. The van der Waals surface area contributed by atoms with Gasteiger partial charge in [-0.2, -0.15) is 0 Å². The van der Waals surface area contributed by atoms with Gasteiger partial charge in [-0.05, 0) is 51.2 Å². The van der Waals surface area contributed by atoms with Crippen molar-refractivity contribution < 1.29 is 23.5 Å². The van der Waals surface area contributed by atoms with E-state index >= 15 is 0 Å². The molecular formula is C22H24O5. The highest BCUT2D eigenvalue weighted by Crippen LogP contribution is 2.70. The topological polar surface area (TPSA) is 65.7 Å². The minimum absolute atomic E-state index is 0.237. The molecule has 0 spiro atoms. The molecule has 2 unspecified atom stereocenters. The number of hydrogen-bond donors (Lipinski definition) is 0. The predicted octanol–water partition coefficient (Wildman–Crippen LogP) is 4.11. The molecule has 2 aliphatic rings. The summed E-state index contributed by atoms with van der Waals surface area (Å²) in [6, 6.07) is 13.8. The van der Waals surface area contributed by atoms with Crippen LogP contribution in [0.5, 0.6) is 0 Å². The monoisotopic (exact) mass is 368 g/mol. The van der Waals surface area contributed by atoms with Crippen LogP contribution >= 0.6 is 0 Å². The number of furan rings is 1. The molecule has 0 N–H and O–H groups in total. The highest BCUT2D eigenvalue weighted by atomic mass is 16.6. The van der Waals surface area contributed by atoms with Crippen molar-refractivity contribution in [2.45, 2.75) is 38.5 Å². The minimum Gasteiger partial charge on any atom is -0.465 e. The lowest BCUT2D eigenvalue weighted by molar-refractivity contribution is -0.172. The van der Waals surface area contributed by atoms with Crippen LogP contribution in [0.2, 0.25) is 0 Å². The van der Waals surface area contributed by atoms with E-state index in [1.165, 1.54) is 0 Å². The summed E-state index contributed by atoms with van der Waals surface area (Å²) in [4.78, 5) is 25.4. The van der Waals surface area contributed by atoms with Gasteiger partial charge in [-0.15, -0.1) is 0 Å². The van der Waals surface area contributed by atoms with Crippen molar-refractivity contribution in [3.05, 3.63) is 48.2 Å². The quantitative estimate of drug-likeness (QED) is 0.567. The molecule has 142 valence electrons. The van der Waals surface area contributed by atoms with Crippen LogP contribution in [-0.2, 0) is 24.5 Å². The zero-order valence-corrected chi connectivity index (χ0v) is 15.7. The second kappa shape index (κ2) is 6.55. The SMILES string of the molecule is CCOC(=O)C1(C(=O)OCC)CC2CC2(c2ccc(-c3ccccc3)o2)C1. The third-order valence-corrected chi connectivity index (χ3v) is 5.93. The van der Waals surface area contributed by atoms with Crippen LogP contribution < -0.4 is 0 Å². The molecule has 27 heavy (non-hydrogen) atoms. The third-order valence-electron chi connectivity index (χ3n) is 5.93. The average molecular weight is 368 g/mol. The number of ether oxygens (including phenoxy) is 2. The number of carbonyl (C=O) groups is 2. The average Bonchev–Trinajstić information content (AvgIpc) is 3.05. The van der Waals surface area contributed by atoms with Gasteiger partial charge >= 0.3 is 11.9 Å². The van der Waals surface area contributed by atoms with E-state index in [2.05, 4.69) is 0 Å². The lowest BCUT2D eigenvalue weighted by Crippen LogP contribution is -2.42. The molecule has 2 aromatic rings. The standard InChI is InChI=1S/C22H24O5/c1-3-25-19(23)22(20(24)26-4-2)13-16-12-21(16,14-22)18-11-10-17(27-18)15-8-6-5-7-9-15/h5-11,16H,3-4,12-14H2,1-2H3. The zero-order valence-electron chi connectivity index (χ0n) is 15.7. The molecule has 1 aromatic heterocycles.